The first kappa shape index (κ1) is 30.6. The fourth-order valence-electron chi connectivity index (χ4n) is 7.12. The van der Waals surface area contributed by atoms with Crippen LogP contribution in [0.3, 0.4) is 0 Å². The van der Waals surface area contributed by atoms with Crippen LogP contribution in [0.4, 0.5) is 0 Å². The molecule has 6 rings (SSSR count). The highest BCUT2D eigenvalue weighted by atomic mass is 14.2. The third-order valence-corrected chi connectivity index (χ3v) is 10.2. The second-order valence-corrected chi connectivity index (χ2v) is 13.1. The molecule has 0 saturated carbocycles. The second kappa shape index (κ2) is 13.7. The van der Waals surface area contributed by atoms with Gasteiger partial charge < -0.3 is 0 Å². The lowest BCUT2D eigenvalue weighted by Gasteiger charge is -2.24. The molecule has 0 amide bonds. The molecule has 1 aliphatic rings. The molecular weight excluding hydrogens is 540 g/mol. The number of hydrogen-bond donors (Lipinski definition) is 0. The van der Waals surface area contributed by atoms with E-state index >= 15 is 0 Å². The normalized spacial score (nSPS) is 15.1. The Hall–Kier alpha value is -4.42. The zero-order valence-corrected chi connectivity index (χ0v) is 27.6. The lowest BCUT2D eigenvalue weighted by molar-refractivity contribution is 0.625. The molecule has 0 spiro atoms. The van der Waals surface area contributed by atoms with Gasteiger partial charge in [-0.3, -0.25) is 0 Å². The minimum absolute atomic E-state index is 0.397. The summed E-state index contributed by atoms with van der Waals surface area (Å²) in [5.74, 6) is 1.28. The maximum absolute atomic E-state index is 2.38. The van der Waals surface area contributed by atoms with Crippen molar-refractivity contribution >= 4 is 5.57 Å². The van der Waals surface area contributed by atoms with Gasteiger partial charge in [0, 0.05) is 0 Å². The van der Waals surface area contributed by atoms with Crippen LogP contribution < -0.4 is 0 Å². The Labute approximate surface area is 271 Å². The molecule has 0 saturated heterocycles. The van der Waals surface area contributed by atoms with Gasteiger partial charge in [0.1, 0.15) is 0 Å². The lowest BCUT2D eigenvalue weighted by atomic mass is 9.80. The van der Waals surface area contributed by atoms with Gasteiger partial charge >= 0.3 is 0 Å². The quantitative estimate of drug-likeness (QED) is 0.161. The van der Waals surface area contributed by atoms with Crippen molar-refractivity contribution < 1.29 is 0 Å². The Morgan fingerprint density at radius 2 is 1.07 bits per heavy atom. The van der Waals surface area contributed by atoms with Crippen LogP contribution in [-0.4, -0.2) is 0 Å². The van der Waals surface area contributed by atoms with Crippen LogP contribution >= 0.6 is 0 Å². The van der Waals surface area contributed by atoms with Crippen molar-refractivity contribution in [2.75, 3.05) is 0 Å². The lowest BCUT2D eigenvalue weighted by Crippen LogP contribution is -2.06. The van der Waals surface area contributed by atoms with Crippen molar-refractivity contribution in [3.63, 3.8) is 0 Å². The Kier molecular flexibility index (Phi) is 9.31. The third kappa shape index (κ3) is 6.66. The van der Waals surface area contributed by atoms with E-state index in [0.29, 0.717) is 17.8 Å². The average molecular weight is 587 g/mol. The van der Waals surface area contributed by atoms with Crippen molar-refractivity contribution in [2.45, 2.75) is 71.6 Å². The van der Waals surface area contributed by atoms with Crippen molar-refractivity contribution in [1.82, 2.24) is 0 Å². The zero-order chi connectivity index (χ0) is 31.3. The number of aryl methyl sites for hydroxylation is 2. The molecule has 226 valence electrons. The Balaban J connectivity index is 1.16. The molecule has 0 aromatic heterocycles. The molecule has 5 aromatic rings. The van der Waals surface area contributed by atoms with Gasteiger partial charge in [0.2, 0.25) is 0 Å². The number of allylic oxidation sites excluding steroid dienone is 4. The number of hydrogen-bond acceptors (Lipinski definition) is 0. The van der Waals surface area contributed by atoms with E-state index in [2.05, 4.69) is 168 Å². The summed E-state index contributed by atoms with van der Waals surface area (Å²) in [7, 11) is 0. The summed E-state index contributed by atoms with van der Waals surface area (Å²) in [5, 5.41) is 0. The van der Waals surface area contributed by atoms with Crippen molar-refractivity contribution in [1.29, 1.82) is 0 Å². The first-order valence-corrected chi connectivity index (χ1v) is 16.7. The second-order valence-electron chi connectivity index (χ2n) is 13.1. The van der Waals surface area contributed by atoms with Crippen molar-refractivity contribution in [3.8, 4) is 22.3 Å². The average Bonchev–Trinajstić information content (AvgIpc) is 3.08. The molecular formula is C45H46. The summed E-state index contributed by atoms with van der Waals surface area (Å²) < 4.78 is 0. The Morgan fingerprint density at radius 3 is 1.69 bits per heavy atom. The zero-order valence-electron chi connectivity index (χ0n) is 27.6. The fourth-order valence-corrected chi connectivity index (χ4v) is 7.12. The molecule has 45 heavy (non-hydrogen) atoms. The maximum Gasteiger partial charge on any atom is -0.0118 e. The third-order valence-electron chi connectivity index (χ3n) is 10.2. The molecule has 0 bridgehead atoms. The largest absolute Gasteiger partial charge is 0.0836 e. The molecule has 3 atom stereocenters. The summed E-state index contributed by atoms with van der Waals surface area (Å²) in [6.07, 6.45) is 8.09. The van der Waals surface area contributed by atoms with Crippen molar-refractivity contribution in [2.24, 2.45) is 0 Å². The van der Waals surface area contributed by atoms with Gasteiger partial charge in [-0.15, -0.1) is 0 Å². The van der Waals surface area contributed by atoms with Crippen LogP contribution in [0.1, 0.15) is 91.2 Å². The van der Waals surface area contributed by atoms with E-state index in [-0.39, 0.29) is 0 Å². The SMILES string of the molecule is Cc1ccccc1C1=C(CC(C)c2ccc(-c3ccc(C(C)C(C)c4ccccc4-c4ccccc4C)cc3)cc2)CCC=C1. The van der Waals surface area contributed by atoms with E-state index in [9.17, 15) is 0 Å². The van der Waals surface area contributed by atoms with Crippen LogP contribution in [0.2, 0.25) is 0 Å². The summed E-state index contributed by atoms with van der Waals surface area (Å²) in [5.41, 5.74) is 16.5. The maximum atomic E-state index is 2.38. The smallest absolute Gasteiger partial charge is 0.0118 e. The predicted molar refractivity (Wildman–Crippen MR) is 195 cm³/mol. The van der Waals surface area contributed by atoms with Gasteiger partial charge in [0.05, 0.1) is 0 Å². The molecule has 1 aliphatic carbocycles. The molecule has 5 aromatic carbocycles. The van der Waals surface area contributed by atoms with Gasteiger partial charge in [0.25, 0.3) is 0 Å². The minimum atomic E-state index is 0.397. The Bertz CT molecular complexity index is 1810. The molecule has 0 heterocycles. The highest BCUT2D eigenvalue weighted by Crippen LogP contribution is 2.40. The van der Waals surface area contributed by atoms with E-state index < -0.39 is 0 Å². The summed E-state index contributed by atoms with van der Waals surface area (Å²) in [4.78, 5) is 0. The van der Waals surface area contributed by atoms with Crippen LogP contribution in [-0.2, 0) is 0 Å². The van der Waals surface area contributed by atoms with E-state index in [4.69, 9.17) is 0 Å². The molecule has 0 radical (unpaired) electrons. The van der Waals surface area contributed by atoms with Crippen molar-refractivity contribution in [3.05, 3.63) is 172 Å². The topological polar surface area (TPSA) is 0 Å². The van der Waals surface area contributed by atoms with E-state index in [0.717, 1.165) is 19.3 Å². The minimum Gasteiger partial charge on any atom is -0.0836 e. The van der Waals surface area contributed by atoms with Crippen LogP contribution in [0, 0.1) is 13.8 Å². The standard InChI is InChI=1S/C45H46/c1-31-14-6-9-17-41(31)44-20-11-8-16-40(44)30-33(3)36-22-26-38(27-23-36)39-28-24-37(25-29-39)34(4)35(5)43-19-12-13-21-45(43)42-18-10-7-15-32(42)2/h6-7,9-15,17-29,33-35H,8,16,30H2,1-5H3. The van der Waals surface area contributed by atoms with Gasteiger partial charge in [-0.05, 0) is 112 Å². The fraction of sp³-hybridized carbons (Fsp3) is 0.244. The molecule has 0 fully saturated rings. The first-order valence-electron chi connectivity index (χ1n) is 16.7. The highest BCUT2D eigenvalue weighted by Gasteiger charge is 2.21. The number of benzene rings is 5. The van der Waals surface area contributed by atoms with Gasteiger partial charge in [-0.25, -0.2) is 0 Å². The molecule has 0 nitrogen and oxygen atoms in total. The summed E-state index contributed by atoms with van der Waals surface area (Å²) in [6, 6.07) is 45.0. The van der Waals surface area contributed by atoms with Crippen LogP contribution in [0.5, 0.6) is 0 Å². The van der Waals surface area contributed by atoms with Crippen LogP contribution in [0.25, 0.3) is 27.8 Å². The molecule has 0 N–H and O–H groups in total. The highest BCUT2D eigenvalue weighted by molar-refractivity contribution is 5.79. The molecule has 0 heteroatoms. The Morgan fingerprint density at radius 1 is 0.533 bits per heavy atom. The van der Waals surface area contributed by atoms with Gasteiger partial charge in [-0.1, -0.05) is 160 Å². The van der Waals surface area contributed by atoms with Crippen LogP contribution in [0.15, 0.2) is 139 Å². The summed E-state index contributed by atoms with van der Waals surface area (Å²) in [6.45, 7) is 11.6. The van der Waals surface area contributed by atoms with E-state index in [1.807, 2.05) is 0 Å². The van der Waals surface area contributed by atoms with E-state index in [1.165, 1.54) is 61.2 Å². The van der Waals surface area contributed by atoms with Gasteiger partial charge in [-0.2, -0.15) is 0 Å². The molecule has 3 unspecified atom stereocenters. The van der Waals surface area contributed by atoms with E-state index in [1.54, 1.807) is 5.57 Å². The predicted octanol–water partition coefficient (Wildman–Crippen LogP) is 12.8. The van der Waals surface area contributed by atoms with Gasteiger partial charge in [0.15, 0.2) is 0 Å². The monoisotopic (exact) mass is 586 g/mol. The first-order chi connectivity index (χ1) is 21.9. The summed E-state index contributed by atoms with van der Waals surface area (Å²) >= 11 is 0. The number of rotatable bonds is 9. The molecule has 0 aliphatic heterocycles.